The first-order valence-corrected chi connectivity index (χ1v) is 12.2. The van der Waals surface area contributed by atoms with Crippen molar-refractivity contribution in [1.29, 1.82) is 0 Å². The van der Waals surface area contributed by atoms with E-state index in [9.17, 15) is 35.9 Å². The molecule has 18 heteroatoms. The van der Waals surface area contributed by atoms with Crippen LogP contribution >= 0.6 is 0 Å². The lowest BCUT2D eigenvalue weighted by molar-refractivity contribution is -0.673. The minimum absolute atomic E-state index is 0.771. The summed E-state index contributed by atoms with van der Waals surface area (Å²) in [6.07, 6.45) is 13.9. The van der Waals surface area contributed by atoms with Crippen molar-refractivity contribution in [3.8, 4) is 0 Å². The fraction of sp³-hybridized carbons (Fsp3) is 0.200. The maximum Gasteiger partial charge on any atom is 0.485 e. The number of halogens is 6. The number of aromatic nitrogens is 2. The van der Waals surface area contributed by atoms with Gasteiger partial charge in [-0.1, -0.05) is 6.08 Å². The molecule has 10 nitrogen and oxygen atoms in total. The summed E-state index contributed by atoms with van der Waals surface area (Å²) in [5.74, 6) is 0. The van der Waals surface area contributed by atoms with E-state index in [0.29, 0.717) is 0 Å². The van der Waals surface area contributed by atoms with E-state index in [2.05, 4.69) is 0 Å². The number of aryl methyl sites for hydroxylation is 2. The molecule has 0 amide bonds. The van der Waals surface area contributed by atoms with Crippen LogP contribution in [0.4, 0.5) is 26.3 Å². The van der Waals surface area contributed by atoms with Crippen molar-refractivity contribution < 1.29 is 71.0 Å². The normalized spacial score (nSPS) is 11.8. The van der Waals surface area contributed by atoms with Crippen LogP contribution in [0.3, 0.4) is 0 Å². The van der Waals surface area contributed by atoms with Crippen molar-refractivity contribution in [2.45, 2.75) is 11.0 Å². The Kier molecular flexibility index (Phi) is 15.8. The minimum Gasteiger partial charge on any atom is -0.741 e. The van der Waals surface area contributed by atoms with Crippen molar-refractivity contribution in [2.24, 2.45) is 14.1 Å². The molecular weight excluding hydrogens is 574 g/mol. The van der Waals surface area contributed by atoms with Crippen LogP contribution in [0.5, 0.6) is 0 Å². The first-order chi connectivity index (χ1) is 17.2. The molecule has 0 atom stereocenters. The molecule has 0 radical (unpaired) electrons. The van der Waals surface area contributed by atoms with E-state index in [1.54, 1.807) is 12.2 Å². The van der Waals surface area contributed by atoms with Gasteiger partial charge >= 0.3 is 11.0 Å². The Morgan fingerprint density at radius 2 is 1.11 bits per heavy atom. The molecule has 0 aliphatic heterocycles. The fourth-order valence-electron chi connectivity index (χ4n) is 1.62. The first kappa shape index (κ1) is 36.7. The predicted octanol–water partition coefficient (Wildman–Crippen LogP) is 1.55. The van der Waals surface area contributed by atoms with E-state index in [0.717, 1.165) is 23.8 Å². The highest BCUT2D eigenvalue weighted by Crippen LogP contribution is 2.21. The zero-order chi connectivity index (χ0) is 30.2. The molecule has 0 unspecified atom stereocenters. The highest BCUT2D eigenvalue weighted by Gasteiger charge is 2.37. The van der Waals surface area contributed by atoms with Crippen LogP contribution in [0, 0.1) is 0 Å². The van der Waals surface area contributed by atoms with Crippen LogP contribution in [-0.2, 0) is 43.9 Å². The van der Waals surface area contributed by atoms with E-state index in [1.165, 1.54) is 12.2 Å². The summed E-state index contributed by atoms with van der Waals surface area (Å²) < 4.78 is 122. The van der Waals surface area contributed by atoms with Crippen LogP contribution < -0.4 is 9.13 Å². The maximum atomic E-state index is 10.7. The second-order valence-electron chi connectivity index (χ2n) is 6.32. The number of nitrogens with zero attached hydrogens (tertiary/aromatic N) is 2. The van der Waals surface area contributed by atoms with Gasteiger partial charge in [-0.25, -0.2) is 26.0 Å². The molecule has 2 heterocycles. The van der Waals surface area contributed by atoms with Gasteiger partial charge in [0, 0.05) is 30.3 Å². The molecule has 0 saturated carbocycles. The minimum atomic E-state index is -6.09. The summed E-state index contributed by atoms with van der Waals surface area (Å²) in [6, 6.07) is 9.71. The Morgan fingerprint density at radius 3 is 1.45 bits per heavy atom. The summed E-state index contributed by atoms with van der Waals surface area (Å²) in [7, 11) is -8.29. The quantitative estimate of drug-likeness (QED) is 0.129. The summed E-state index contributed by atoms with van der Waals surface area (Å²) in [5, 5.41) is 0. The standard InChI is InChI=1S/2C9H10NO.2CHF3O3S/c1-10-6-4-9(5-7-10)3-2-8-11;1-10-7-3-2-5-9(10)6-4-8-11;2*2-1(3,4)8(5,6)7/h2*2-8H,1H3;2*(H,5,6,7)/q2*+1;;/p-2. The first-order valence-electron chi connectivity index (χ1n) is 9.35. The average molecular weight is 595 g/mol. The van der Waals surface area contributed by atoms with Crippen molar-refractivity contribution in [3.63, 3.8) is 0 Å². The Labute approximate surface area is 213 Å². The summed E-state index contributed by atoms with van der Waals surface area (Å²) in [6.45, 7) is 0. The van der Waals surface area contributed by atoms with Crippen LogP contribution in [0.1, 0.15) is 11.3 Å². The van der Waals surface area contributed by atoms with Gasteiger partial charge in [-0.3, -0.25) is 9.59 Å². The van der Waals surface area contributed by atoms with Crippen molar-refractivity contribution in [3.05, 3.63) is 72.3 Å². The van der Waals surface area contributed by atoms with Gasteiger partial charge in [-0.05, 0) is 23.8 Å². The Hall–Kier alpha value is -3.48. The van der Waals surface area contributed by atoms with E-state index in [1.807, 2.05) is 72.2 Å². The molecule has 2 aromatic rings. The van der Waals surface area contributed by atoms with E-state index in [4.69, 9.17) is 25.9 Å². The van der Waals surface area contributed by atoms with Gasteiger partial charge < -0.3 is 9.11 Å². The van der Waals surface area contributed by atoms with Gasteiger partial charge in [0.1, 0.15) is 26.7 Å². The molecule has 0 aromatic carbocycles. The lowest BCUT2D eigenvalue weighted by atomic mass is 10.2. The number of alkyl halides is 6. The van der Waals surface area contributed by atoms with Crippen molar-refractivity contribution >= 4 is 45.0 Å². The van der Waals surface area contributed by atoms with Crippen LogP contribution in [0.25, 0.3) is 12.2 Å². The van der Waals surface area contributed by atoms with E-state index < -0.39 is 31.3 Å². The Bertz CT molecular complexity index is 1250. The monoisotopic (exact) mass is 594 g/mol. The van der Waals surface area contributed by atoms with Gasteiger partial charge in [-0.15, -0.1) is 0 Å². The zero-order valence-corrected chi connectivity index (χ0v) is 21.0. The fourth-order valence-corrected chi connectivity index (χ4v) is 1.62. The molecule has 0 N–H and O–H groups in total. The van der Waals surface area contributed by atoms with E-state index >= 15 is 0 Å². The average Bonchev–Trinajstić information content (AvgIpc) is 2.77. The van der Waals surface area contributed by atoms with E-state index in [-0.39, 0.29) is 0 Å². The number of aldehydes is 2. The Balaban J connectivity index is 0. The third-order valence-electron chi connectivity index (χ3n) is 3.38. The second kappa shape index (κ2) is 16.4. The number of carbonyl (C=O) groups excluding carboxylic acids is 2. The highest BCUT2D eigenvalue weighted by atomic mass is 32.2. The molecule has 212 valence electrons. The summed E-state index contributed by atoms with van der Waals surface area (Å²) >= 11 is 0. The SMILES string of the molecule is C[n+]1ccc(C=CC=O)cc1.C[n+]1ccccc1C=CC=O.O=S(=O)([O-])C(F)(F)F.O=S(=O)([O-])C(F)(F)F. The summed E-state index contributed by atoms with van der Waals surface area (Å²) in [5.41, 5.74) is -9.24. The molecule has 0 aliphatic carbocycles. The molecule has 2 aromatic heterocycles. The molecular formula is C20H20F6N2O8S2. The molecule has 2 rings (SSSR count). The zero-order valence-electron chi connectivity index (χ0n) is 19.3. The Morgan fingerprint density at radius 1 is 0.711 bits per heavy atom. The third kappa shape index (κ3) is 17.1. The smallest absolute Gasteiger partial charge is 0.485 e. The molecule has 0 saturated heterocycles. The molecule has 0 spiro atoms. The van der Waals surface area contributed by atoms with Crippen LogP contribution in [0.2, 0.25) is 0 Å². The number of carbonyl (C=O) groups is 2. The maximum absolute atomic E-state index is 10.7. The van der Waals surface area contributed by atoms with Gasteiger partial charge in [0.25, 0.3) is 0 Å². The largest absolute Gasteiger partial charge is 0.741 e. The highest BCUT2D eigenvalue weighted by molar-refractivity contribution is 7.86. The number of pyridine rings is 2. The second-order valence-corrected chi connectivity index (χ2v) is 9.07. The molecule has 0 fully saturated rings. The van der Waals surface area contributed by atoms with Crippen LogP contribution in [0.15, 0.2) is 61.1 Å². The number of hydrogen-bond acceptors (Lipinski definition) is 8. The molecule has 38 heavy (non-hydrogen) atoms. The van der Waals surface area contributed by atoms with Crippen molar-refractivity contribution in [1.82, 2.24) is 0 Å². The summed E-state index contributed by atoms with van der Waals surface area (Å²) in [4.78, 5) is 19.9. The third-order valence-corrected chi connectivity index (χ3v) is 4.51. The van der Waals surface area contributed by atoms with Gasteiger partial charge in [0.15, 0.2) is 38.8 Å². The van der Waals surface area contributed by atoms with Crippen LogP contribution in [-0.4, -0.2) is 49.5 Å². The van der Waals surface area contributed by atoms with Crippen molar-refractivity contribution in [2.75, 3.05) is 0 Å². The predicted molar refractivity (Wildman–Crippen MR) is 117 cm³/mol. The van der Waals surface area contributed by atoms with Gasteiger partial charge in [0.05, 0.1) is 0 Å². The van der Waals surface area contributed by atoms with Gasteiger partial charge in [0.2, 0.25) is 5.69 Å². The topological polar surface area (TPSA) is 156 Å². The number of allylic oxidation sites excluding steroid dienone is 2. The number of rotatable bonds is 4. The molecule has 0 bridgehead atoms. The lowest BCUT2D eigenvalue weighted by Crippen LogP contribution is -2.30. The van der Waals surface area contributed by atoms with Gasteiger partial charge in [-0.2, -0.15) is 26.3 Å². The number of hydrogen-bond donors (Lipinski definition) is 0. The lowest BCUT2D eigenvalue weighted by Gasteiger charge is -2.08. The molecule has 0 aliphatic rings.